The van der Waals surface area contributed by atoms with Gasteiger partial charge in [0, 0.05) is 19.5 Å². The quantitative estimate of drug-likeness (QED) is 0.874. The number of oxazole rings is 1. The molecule has 0 unspecified atom stereocenters. The second kappa shape index (κ2) is 5.70. The van der Waals surface area contributed by atoms with E-state index in [0.29, 0.717) is 12.4 Å². The summed E-state index contributed by atoms with van der Waals surface area (Å²) in [5, 5.41) is 2.84. The van der Waals surface area contributed by atoms with Gasteiger partial charge in [0.15, 0.2) is 0 Å². The number of aromatic nitrogens is 1. The smallest absolute Gasteiger partial charge is 0.317 e. The minimum Gasteiger partial charge on any atom is -0.444 e. The Bertz CT molecular complexity index is 370. The summed E-state index contributed by atoms with van der Waals surface area (Å²) in [6, 6.07) is -0.0130. The van der Waals surface area contributed by atoms with Gasteiger partial charge >= 0.3 is 6.03 Å². The number of piperidine rings is 1. The molecule has 17 heavy (non-hydrogen) atoms. The highest BCUT2D eigenvalue weighted by Gasteiger charge is 2.16. The van der Waals surface area contributed by atoms with Crippen molar-refractivity contribution in [1.82, 2.24) is 15.2 Å². The first-order valence-electron chi connectivity index (χ1n) is 6.26. The van der Waals surface area contributed by atoms with E-state index >= 15 is 0 Å². The maximum Gasteiger partial charge on any atom is 0.317 e. The maximum atomic E-state index is 11.8. The van der Waals surface area contributed by atoms with Crippen molar-refractivity contribution in [2.24, 2.45) is 0 Å². The average Bonchev–Trinajstić information content (AvgIpc) is 2.85. The summed E-state index contributed by atoms with van der Waals surface area (Å²) < 4.78 is 5.43. The fourth-order valence-corrected chi connectivity index (χ4v) is 1.95. The van der Waals surface area contributed by atoms with Gasteiger partial charge in [-0.3, -0.25) is 0 Å². The number of aryl methyl sites for hydroxylation is 1. The number of carbonyl (C=O) groups is 1. The van der Waals surface area contributed by atoms with Crippen LogP contribution in [0.2, 0.25) is 0 Å². The lowest BCUT2D eigenvalue weighted by Gasteiger charge is -2.26. The van der Waals surface area contributed by atoms with E-state index in [-0.39, 0.29) is 6.03 Å². The molecule has 0 bridgehead atoms. The molecule has 1 aliphatic heterocycles. The number of nitrogens with one attached hydrogen (secondary N) is 1. The molecule has 2 amide bonds. The Morgan fingerprint density at radius 1 is 1.47 bits per heavy atom. The van der Waals surface area contributed by atoms with Crippen LogP contribution in [0.4, 0.5) is 4.79 Å². The Hall–Kier alpha value is -1.52. The summed E-state index contributed by atoms with van der Waals surface area (Å²) in [6.07, 6.45) is 5.97. The second-order valence-corrected chi connectivity index (χ2v) is 4.28. The minimum atomic E-state index is -0.0130. The Labute approximate surface area is 101 Å². The monoisotopic (exact) mass is 237 g/mol. The van der Waals surface area contributed by atoms with Crippen LogP contribution in [0.15, 0.2) is 10.6 Å². The van der Waals surface area contributed by atoms with Crippen molar-refractivity contribution in [2.75, 3.05) is 13.1 Å². The number of hydrogen-bond acceptors (Lipinski definition) is 3. The SMILES string of the molecule is CCc1cnc(CNC(=O)N2CCCCC2)o1. The zero-order chi connectivity index (χ0) is 12.1. The van der Waals surface area contributed by atoms with Crippen LogP contribution >= 0.6 is 0 Å². The number of likely N-dealkylation sites (tertiary alicyclic amines) is 1. The van der Waals surface area contributed by atoms with Gasteiger partial charge < -0.3 is 14.6 Å². The molecule has 1 N–H and O–H groups in total. The maximum absolute atomic E-state index is 11.8. The highest BCUT2D eigenvalue weighted by Crippen LogP contribution is 2.09. The van der Waals surface area contributed by atoms with Crippen LogP contribution in [0.5, 0.6) is 0 Å². The number of carbonyl (C=O) groups excluding carboxylic acids is 1. The molecule has 2 rings (SSSR count). The van der Waals surface area contributed by atoms with E-state index in [2.05, 4.69) is 10.3 Å². The molecule has 1 fully saturated rings. The summed E-state index contributed by atoms with van der Waals surface area (Å²) in [7, 11) is 0. The molecular formula is C12H19N3O2. The molecule has 0 aromatic carbocycles. The third-order valence-corrected chi connectivity index (χ3v) is 2.98. The van der Waals surface area contributed by atoms with Crippen LogP contribution in [0.3, 0.4) is 0 Å². The molecule has 0 radical (unpaired) electrons. The Kier molecular flexibility index (Phi) is 4.01. The Morgan fingerprint density at radius 2 is 2.24 bits per heavy atom. The first-order chi connectivity index (χ1) is 8.29. The predicted molar refractivity (Wildman–Crippen MR) is 63.5 cm³/mol. The molecule has 0 atom stereocenters. The molecule has 5 heteroatoms. The van der Waals surface area contributed by atoms with Gasteiger partial charge in [0.2, 0.25) is 5.89 Å². The summed E-state index contributed by atoms with van der Waals surface area (Å²) >= 11 is 0. The van der Waals surface area contributed by atoms with Crippen LogP contribution < -0.4 is 5.32 Å². The van der Waals surface area contributed by atoms with Crippen molar-refractivity contribution in [3.05, 3.63) is 17.8 Å². The van der Waals surface area contributed by atoms with E-state index in [9.17, 15) is 4.79 Å². The second-order valence-electron chi connectivity index (χ2n) is 4.28. The van der Waals surface area contributed by atoms with Gasteiger partial charge in [-0.15, -0.1) is 0 Å². The molecule has 1 aliphatic rings. The molecule has 0 saturated carbocycles. The van der Waals surface area contributed by atoms with Gasteiger partial charge in [0.1, 0.15) is 5.76 Å². The van der Waals surface area contributed by atoms with E-state index in [1.54, 1.807) is 6.20 Å². The minimum absolute atomic E-state index is 0.0130. The van der Waals surface area contributed by atoms with Crippen molar-refractivity contribution < 1.29 is 9.21 Å². The average molecular weight is 237 g/mol. The summed E-state index contributed by atoms with van der Waals surface area (Å²) in [5.41, 5.74) is 0. The first-order valence-corrected chi connectivity index (χ1v) is 6.26. The molecule has 1 saturated heterocycles. The standard InChI is InChI=1S/C12H19N3O2/c1-2-10-8-13-11(17-10)9-14-12(16)15-6-4-3-5-7-15/h8H,2-7,9H2,1H3,(H,14,16). The molecule has 1 aromatic heterocycles. The number of nitrogens with zero attached hydrogens (tertiary/aromatic N) is 2. The van der Waals surface area contributed by atoms with Crippen LogP contribution in [-0.4, -0.2) is 29.0 Å². The van der Waals surface area contributed by atoms with Crippen molar-refractivity contribution in [3.63, 3.8) is 0 Å². The molecule has 0 aliphatic carbocycles. The molecular weight excluding hydrogens is 218 g/mol. The molecule has 1 aromatic rings. The van der Waals surface area contributed by atoms with E-state index in [1.807, 2.05) is 11.8 Å². The Balaban J connectivity index is 1.78. The van der Waals surface area contributed by atoms with Crippen molar-refractivity contribution >= 4 is 6.03 Å². The van der Waals surface area contributed by atoms with E-state index in [1.165, 1.54) is 6.42 Å². The van der Waals surface area contributed by atoms with Gasteiger partial charge in [-0.25, -0.2) is 9.78 Å². The van der Waals surface area contributed by atoms with Gasteiger partial charge in [0.25, 0.3) is 0 Å². The topological polar surface area (TPSA) is 58.4 Å². The van der Waals surface area contributed by atoms with Crippen molar-refractivity contribution in [2.45, 2.75) is 39.2 Å². The lowest BCUT2D eigenvalue weighted by Crippen LogP contribution is -2.42. The highest BCUT2D eigenvalue weighted by molar-refractivity contribution is 5.74. The predicted octanol–water partition coefficient (Wildman–Crippen LogP) is 1.93. The molecule has 2 heterocycles. The van der Waals surface area contributed by atoms with Crippen LogP contribution in [0.1, 0.15) is 37.8 Å². The molecule has 94 valence electrons. The largest absolute Gasteiger partial charge is 0.444 e. The lowest BCUT2D eigenvalue weighted by atomic mass is 10.1. The zero-order valence-corrected chi connectivity index (χ0v) is 10.2. The lowest BCUT2D eigenvalue weighted by molar-refractivity contribution is 0.185. The van der Waals surface area contributed by atoms with Gasteiger partial charge in [0.05, 0.1) is 12.7 Å². The number of rotatable bonds is 3. The number of amides is 2. The van der Waals surface area contributed by atoms with Gasteiger partial charge in [-0.2, -0.15) is 0 Å². The molecule has 0 spiro atoms. The number of urea groups is 1. The fraction of sp³-hybridized carbons (Fsp3) is 0.667. The highest BCUT2D eigenvalue weighted by atomic mass is 16.4. The third-order valence-electron chi connectivity index (χ3n) is 2.98. The normalized spacial score (nSPS) is 15.9. The Morgan fingerprint density at radius 3 is 2.88 bits per heavy atom. The van der Waals surface area contributed by atoms with Crippen LogP contribution in [-0.2, 0) is 13.0 Å². The van der Waals surface area contributed by atoms with Gasteiger partial charge in [-0.05, 0) is 19.3 Å². The summed E-state index contributed by atoms with van der Waals surface area (Å²) in [4.78, 5) is 17.8. The molecule has 5 nitrogen and oxygen atoms in total. The van der Waals surface area contributed by atoms with E-state index in [0.717, 1.165) is 38.1 Å². The summed E-state index contributed by atoms with van der Waals surface area (Å²) in [6.45, 7) is 4.10. The van der Waals surface area contributed by atoms with E-state index in [4.69, 9.17) is 4.42 Å². The van der Waals surface area contributed by atoms with Crippen molar-refractivity contribution in [1.29, 1.82) is 0 Å². The first kappa shape index (κ1) is 12.0. The van der Waals surface area contributed by atoms with E-state index < -0.39 is 0 Å². The van der Waals surface area contributed by atoms with Crippen LogP contribution in [0.25, 0.3) is 0 Å². The summed E-state index contributed by atoms with van der Waals surface area (Å²) in [5.74, 6) is 1.43. The zero-order valence-electron chi connectivity index (χ0n) is 10.2. The van der Waals surface area contributed by atoms with Crippen molar-refractivity contribution in [3.8, 4) is 0 Å². The fourth-order valence-electron chi connectivity index (χ4n) is 1.95. The number of hydrogen-bond donors (Lipinski definition) is 1. The van der Waals surface area contributed by atoms with Crippen LogP contribution in [0, 0.1) is 0 Å². The third kappa shape index (κ3) is 3.22. The van der Waals surface area contributed by atoms with Gasteiger partial charge in [-0.1, -0.05) is 6.92 Å².